The lowest BCUT2D eigenvalue weighted by Crippen LogP contribution is -2.37. The van der Waals surface area contributed by atoms with Crippen LogP contribution in [0.3, 0.4) is 0 Å². The molecule has 194 valence electrons. The molecule has 2 rings (SSSR count). The quantitative estimate of drug-likeness (QED) is 0.212. The van der Waals surface area contributed by atoms with Crippen molar-refractivity contribution >= 4 is 5.97 Å². The number of hydrogen-bond donors (Lipinski definition) is 0. The van der Waals surface area contributed by atoms with Crippen LogP contribution < -0.4 is 9.47 Å². The number of hydrogen-bond acceptors (Lipinski definition) is 3. The Bertz CT molecular complexity index is 812. The van der Waals surface area contributed by atoms with Crippen LogP contribution in [0.15, 0.2) is 0 Å². The molecule has 34 heavy (non-hydrogen) atoms. The number of rotatable bonds is 13. The third-order valence-corrected chi connectivity index (χ3v) is 8.46. The fraction of sp³-hybridized carbons (Fsp3) is 0.774. The molecule has 0 fully saturated rings. The van der Waals surface area contributed by atoms with Crippen LogP contribution in [-0.2, 0) is 11.2 Å². The van der Waals surface area contributed by atoms with Gasteiger partial charge in [-0.05, 0) is 87.8 Å². The molecule has 0 unspecified atom stereocenters. The van der Waals surface area contributed by atoms with Crippen LogP contribution >= 0.6 is 0 Å². The van der Waals surface area contributed by atoms with E-state index in [4.69, 9.17) is 9.47 Å². The Morgan fingerprint density at radius 2 is 1.47 bits per heavy atom. The lowest BCUT2D eigenvalue weighted by atomic mass is 9.83. The minimum atomic E-state index is -0.262. The third kappa shape index (κ3) is 8.02. The first-order valence-electron chi connectivity index (χ1n) is 14.0. The van der Waals surface area contributed by atoms with E-state index < -0.39 is 0 Å². The standard InChI is InChI=1S/C31H52O3/c1-10-21(2)13-11-14-22(3)15-12-16-23(4)17-19-31(9)20-18-28-26(7)29(33-27(8)32)24(5)25(6)30(28)34-31/h21-23H,10-20H2,1-9H3/t21-,22+,23+,31+/m0/s1. The molecule has 3 nitrogen and oxygen atoms in total. The highest BCUT2D eigenvalue weighted by atomic mass is 16.5. The summed E-state index contributed by atoms with van der Waals surface area (Å²) in [4.78, 5) is 11.6. The van der Waals surface area contributed by atoms with Crippen molar-refractivity contribution in [1.29, 1.82) is 0 Å². The van der Waals surface area contributed by atoms with E-state index in [1.165, 1.54) is 63.9 Å². The first-order valence-corrected chi connectivity index (χ1v) is 14.0. The predicted octanol–water partition coefficient (Wildman–Crippen LogP) is 9.06. The van der Waals surface area contributed by atoms with E-state index in [-0.39, 0.29) is 11.6 Å². The molecule has 0 amide bonds. The molecule has 0 bridgehead atoms. The molecule has 1 aromatic carbocycles. The Labute approximate surface area is 210 Å². The highest BCUT2D eigenvalue weighted by molar-refractivity contribution is 5.72. The van der Waals surface area contributed by atoms with E-state index in [9.17, 15) is 4.79 Å². The van der Waals surface area contributed by atoms with Gasteiger partial charge in [0, 0.05) is 12.5 Å². The maximum absolute atomic E-state index is 11.6. The van der Waals surface area contributed by atoms with Crippen LogP contribution in [0.1, 0.15) is 128 Å². The second kappa shape index (κ2) is 13.0. The Morgan fingerprint density at radius 1 is 0.912 bits per heavy atom. The molecule has 3 heteroatoms. The second-order valence-corrected chi connectivity index (χ2v) is 11.8. The van der Waals surface area contributed by atoms with Crippen molar-refractivity contribution in [3.05, 3.63) is 22.3 Å². The van der Waals surface area contributed by atoms with Crippen molar-refractivity contribution in [3.63, 3.8) is 0 Å². The SMILES string of the molecule is CC[C@H](C)CCC[C@@H](C)CCC[C@@H](C)CC[C@]1(C)CCc2c(C)c(OC(C)=O)c(C)c(C)c2O1. The average molecular weight is 473 g/mol. The zero-order valence-corrected chi connectivity index (χ0v) is 23.7. The van der Waals surface area contributed by atoms with Crippen molar-refractivity contribution in [2.24, 2.45) is 17.8 Å². The Balaban J connectivity index is 1.85. The largest absolute Gasteiger partial charge is 0.487 e. The van der Waals surface area contributed by atoms with E-state index >= 15 is 0 Å². The molecule has 1 aliphatic heterocycles. The number of fused-ring (bicyclic) bond motifs is 1. The van der Waals surface area contributed by atoms with Gasteiger partial charge in [0.2, 0.25) is 0 Å². The van der Waals surface area contributed by atoms with Gasteiger partial charge in [-0.15, -0.1) is 0 Å². The van der Waals surface area contributed by atoms with E-state index in [1.807, 2.05) is 6.92 Å². The first kappa shape index (κ1) is 28.7. The Hall–Kier alpha value is -1.51. The number of carbonyl (C=O) groups excluding carboxylic acids is 1. The van der Waals surface area contributed by atoms with Crippen LogP contribution in [0, 0.1) is 38.5 Å². The van der Waals surface area contributed by atoms with E-state index in [0.29, 0.717) is 0 Å². The summed E-state index contributed by atoms with van der Waals surface area (Å²) in [5.41, 5.74) is 4.28. The lowest BCUT2D eigenvalue weighted by molar-refractivity contribution is -0.132. The zero-order valence-electron chi connectivity index (χ0n) is 23.7. The molecule has 0 spiro atoms. The summed E-state index contributed by atoms with van der Waals surface area (Å²) < 4.78 is 12.2. The van der Waals surface area contributed by atoms with Gasteiger partial charge in [0.25, 0.3) is 0 Å². The molecule has 0 N–H and O–H groups in total. The second-order valence-electron chi connectivity index (χ2n) is 11.8. The molecular formula is C31H52O3. The molecule has 0 radical (unpaired) electrons. The Morgan fingerprint density at radius 3 is 2.03 bits per heavy atom. The monoisotopic (exact) mass is 472 g/mol. The Kier molecular flexibility index (Phi) is 11.0. The molecule has 0 saturated heterocycles. The minimum absolute atomic E-state index is 0.114. The van der Waals surface area contributed by atoms with Gasteiger partial charge in [0.05, 0.1) is 0 Å². The molecule has 0 aromatic heterocycles. The summed E-state index contributed by atoms with van der Waals surface area (Å²) in [5.74, 6) is 3.97. The van der Waals surface area contributed by atoms with Gasteiger partial charge < -0.3 is 9.47 Å². The van der Waals surface area contributed by atoms with E-state index in [1.54, 1.807) is 0 Å². The van der Waals surface area contributed by atoms with Crippen LogP contribution in [0.25, 0.3) is 0 Å². The zero-order chi connectivity index (χ0) is 25.5. The predicted molar refractivity (Wildman–Crippen MR) is 144 cm³/mol. The van der Waals surface area contributed by atoms with E-state index in [0.717, 1.165) is 65.2 Å². The third-order valence-electron chi connectivity index (χ3n) is 8.46. The van der Waals surface area contributed by atoms with Gasteiger partial charge in [-0.3, -0.25) is 4.79 Å². The topological polar surface area (TPSA) is 35.5 Å². The highest BCUT2D eigenvalue weighted by Gasteiger charge is 2.35. The van der Waals surface area contributed by atoms with Crippen molar-refractivity contribution in [1.82, 2.24) is 0 Å². The van der Waals surface area contributed by atoms with E-state index in [2.05, 4.69) is 48.5 Å². The summed E-state index contributed by atoms with van der Waals surface area (Å²) in [5, 5.41) is 0. The number of benzene rings is 1. The number of carbonyl (C=O) groups is 1. The van der Waals surface area contributed by atoms with Crippen LogP contribution in [0.5, 0.6) is 11.5 Å². The van der Waals surface area contributed by atoms with Crippen LogP contribution in [-0.4, -0.2) is 11.6 Å². The summed E-state index contributed by atoms with van der Waals surface area (Å²) in [6, 6.07) is 0. The molecule has 1 aromatic rings. The normalized spacial score (nSPS) is 20.3. The first-order chi connectivity index (χ1) is 16.0. The molecular weight excluding hydrogens is 420 g/mol. The fourth-order valence-electron chi connectivity index (χ4n) is 5.43. The maximum Gasteiger partial charge on any atom is 0.308 e. The molecule has 1 aliphatic rings. The van der Waals surface area contributed by atoms with Gasteiger partial charge in [0.1, 0.15) is 17.1 Å². The smallest absolute Gasteiger partial charge is 0.308 e. The van der Waals surface area contributed by atoms with Gasteiger partial charge in [0.15, 0.2) is 0 Å². The maximum atomic E-state index is 11.6. The number of esters is 1. The highest BCUT2D eigenvalue weighted by Crippen LogP contribution is 2.45. The lowest BCUT2D eigenvalue weighted by Gasteiger charge is -2.38. The molecule has 0 saturated carbocycles. The van der Waals surface area contributed by atoms with Gasteiger partial charge >= 0.3 is 5.97 Å². The summed E-state index contributed by atoms with van der Waals surface area (Å²) in [7, 11) is 0. The van der Waals surface area contributed by atoms with Gasteiger partial charge in [-0.2, -0.15) is 0 Å². The molecule has 0 aliphatic carbocycles. The summed E-state index contributed by atoms with van der Waals surface area (Å²) in [6.07, 6.45) is 13.8. The summed E-state index contributed by atoms with van der Waals surface area (Å²) in [6.45, 7) is 19.5. The van der Waals surface area contributed by atoms with Gasteiger partial charge in [-0.1, -0.05) is 72.6 Å². The molecule has 4 atom stereocenters. The average Bonchev–Trinajstić information content (AvgIpc) is 2.78. The summed E-state index contributed by atoms with van der Waals surface area (Å²) >= 11 is 0. The van der Waals surface area contributed by atoms with Gasteiger partial charge in [-0.25, -0.2) is 0 Å². The fourth-order valence-corrected chi connectivity index (χ4v) is 5.43. The van der Waals surface area contributed by atoms with Crippen LogP contribution in [0.2, 0.25) is 0 Å². The van der Waals surface area contributed by atoms with Crippen molar-refractivity contribution < 1.29 is 14.3 Å². The van der Waals surface area contributed by atoms with Crippen molar-refractivity contribution in [3.8, 4) is 11.5 Å². The van der Waals surface area contributed by atoms with Crippen molar-refractivity contribution in [2.75, 3.05) is 0 Å². The minimum Gasteiger partial charge on any atom is -0.487 e. The molecule has 1 heterocycles. The van der Waals surface area contributed by atoms with Crippen molar-refractivity contribution in [2.45, 2.75) is 139 Å². The van der Waals surface area contributed by atoms with Crippen LogP contribution in [0.4, 0.5) is 0 Å². The number of ether oxygens (including phenoxy) is 2.